The van der Waals surface area contributed by atoms with Gasteiger partial charge in [-0.3, -0.25) is 5.10 Å². The van der Waals surface area contributed by atoms with E-state index in [9.17, 15) is 0 Å². The summed E-state index contributed by atoms with van der Waals surface area (Å²) < 4.78 is 1.87. The predicted octanol–water partition coefficient (Wildman–Crippen LogP) is 1.79. The molecule has 0 aromatic carbocycles. The molecule has 2 aromatic rings. The van der Waals surface area contributed by atoms with Crippen molar-refractivity contribution in [3.05, 3.63) is 18.1 Å². The van der Waals surface area contributed by atoms with E-state index in [0.717, 1.165) is 17.9 Å². The molecule has 13 heavy (non-hydrogen) atoms. The third-order valence-electron chi connectivity index (χ3n) is 2.19. The molecule has 0 atom stereocenters. The number of nitrogens with one attached hydrogen (secondary N) is 1. The minimum absolute atomic E-state index is 0.978. The first-order valence-corrected chi connectivity index (χ1v) is 4.79. The van der Waals surface area contributed by atoms with E-state index in [1.807, 2.05) is 10.6 Å². The Balaban J connectivity index is 2.09. The molecule has 0 saturated heterocycles. The third-order valence-corrected chi connectivity index (χ3v) is 2.19. The van der Waals surface area contributed by atoms with E-state index in [4.69, 9.17) is 0 Å². The fourth-order valence-corrected chi connectivity index (χ4v) is 1.46. The number of fused-ring (bicyclic) bond motifs is 1. The number of hydrogen-bond donors (Lipinski definition) is 1. The zero-order chi connectivity index (χ0) is 9.10. The Hall–Kier alpha value is -1.32. The molecule has 1 N–H and O–H groups in total. The summed E-state index contributed by atoms with van der Waals surface area (Å²) in [6, 6.07) is 1.93. The van der Waals surface area contributed by atoms with Crippen LogP contribution in [-0.4, -0.2) is 19.8 Å². The number of nitrogens with zero attached hydrogens (tertiary/aromatic N) is 3. The van der Waals surface area contributed by atoms with E-state index in [2.05, 4.69) is 22.2 Å². The van der Waals surface area contributed by atoms with Crippen LogP contribution in [-0.2, 0) is 6.42 Å². The number of unbranched alkanes of at least 4 members (excludes halogenated alkanes) is 2. The van der Waals surface area contributed by atoms with Gasteiger partial charge in [-0.1, -0.05) is 19.8 Å². The van der Waals surface area contributed by atoms with Gasteiger partial charge in [-0.25, -0.2) is 0 Å². The van der Waals surface area contributed by atoms with Crippen molar-refractivity contribution in [2.24, 2.45) is 0 Å². The molecular formula is C9H14N4. The van der Waals surface area contributed by atoms with E-state index in [1.165, 1.54) is 19.3 Å². The minimum atomic E-state index is 0.978. The van der Waals surface area contributed by atoms with Gasteiger partial charge in [-0.2, -0.15) is 14.7 Å². The average Bonchev–Trinajstić information content (AvgIpc) is 2.68. The maximum atomic E-state index is 4.20. The average molecular weight is 178 g/mol. The van der Waals surface area contributed by atoms with Crippen LogP contribution in [0, 0.1) is 0 Å². The van der Waals surface area contributed by atoms with Crippen molar-refractivity contribution >= 4 is 5.65 Å². The van der Waals surface area contributed by atoms with Crippen LogP contribution < -0.4 is 0 Å². The van der Waals surface area contributed by atoms with E-state index in [0.29, 0.717) is 0 Å². The minimum Gasteiger partial charge on any atom is -0.259 e. The van der Waals surface area contributed by atoms with Crippen molar-refractivity contribution in [3.8, 4) is 0 Å². The summed E-state index contributed by atoms with van der Waals surface area (Å²) in [6.07, 6.45) is 6.49. The number of H-pyrrole nitrogens is 1. The van der Waals surface area contributed by atoms with Crippen molar-refractivity contribution < 1.29 is 0 Å². The number of aryl methyl sites for hydroxylation is 1. The Morgan fingerprint density at radius 1 is 1.46 bits per heavy atom. The van der Waals surface area contributed by atoms with Crippen LogP contribution in [0.4, 0.5) is 0 Å². The molecule has 70 valence electrons. The largest absolute Gasteiger partial charge is 0.259 e. The van der Waals surface area contributed by atoms with Crippen LogP contribution in [0.25, 0.3) is 5.65 Å². The van der Waals surface area contributed by atoms with E-state index >= 15 is 0 Å². The molecule has 0 radical (unpaired) electrons. The number of hydrogen-bond acceptors (Lipinski definition) is 2. The molecule has 0 bridgehead atoms. The molecule has 2 rings (SSSR count). The lowest BCUT2D eigenvalue weighted by molar-refractivity contribution is 0.677. The maximum Gasteiger partial charge on any atom is 0.152 e. The first-order chi connectivity index (χ1) is 6.42. The number of aromatic amines is 1. The monoisotopic (exact) mass is 178 g/mol. The zero-order valence-electron chi connectivity index (χ0n) is 7.82. The molecule has 0 spiro atoms. The van der Waals surface area contributed by atoms with Gasteiger partial charge in [0, 0.05) is 12.5 Å². The van der Waals surface area contributed by atoms with Crippen molar-refractivity contribution in [2.45, 2.75) is 32.6 Å². The van der Waals surface area contributed by atoms with Crippen LogP contribution in [0.5, 0.6) is 0 Å². The molecule has 0 amide bonds. The summed E-state index contributed by atoms with van der Waals surface area (Å²) in [4.78, 5) is 0. The molecule has 0 fully saturated rings. The molecule has 4 nitrogen and oxygen atoms in total. The maximum absolute atomic E-state index is 4.20. The molecule has 0 unspecified atom stereocenters. The summed E-state index contributed by atoms with van der Waals surface area (Å²) in [6.45, 7) is 2.20. The lowest BCUT2D eigenvalue weighted by atomic mass is 10.2. The van der Waals surface area contributed by atoms with Gasteiger partial charge >= 0.3 is 0 Å². The van der Waals surface area contributed by atoms with Gasteiger partial charge in [0.1, 0.15) is 0 Å². The molecule has 0 saturated carbocycles. The Kier molecular flexibility index (Phi) is 2.29. The molecule has 2 heterocycles. The van der Waals surface area contributed by atoms with Crippen molar-refractivity contribution in [3.63, 3.8) is 0 Å². The van der Waals surface area contributed by atoms with Crippen LogP contribution in [0.15, 0.2) is 12.3 Å². The highest BCUT2D eigenvalue weighted by Gasteiger charge is 2.03. The van der Waals surface area contributed by atoms with E-state index in [1.54, 1.807) is 6.20 Å². The predicted molar refractivity (Wildman–Crippen MR) is 50.6 cm³/mol. The molecule has 0 aliphatic rings. The normalized spacial score (nSPS) is 11.2. The zero-order valence-corrected chi connectivity index (χ0v) is 7.82. The van der Waals surface area contributed by atoms with Gasteiger partial charge in [0.05, 0.1) is 6.20 Å². The molecule has 2 aromatic heterocycles. The second kappa shape index (κ2) is 3.60. The summed E-state index contributed by atoms with van der Waals surface area (Å²) >= 11 is 0. The van der Waals surface area contributed by atoms with Crippen LogP contribution in [0.2, 0.25) is 0 Å². The summed E-state index contributed by atoms with van der Waals surface area (Å²) in [5.74, 6) is 1.04. The van der Waals surface area contributed by atoms with Crippen molar-refractivity contribution in [1.82, 2.24) is 19.8 Å². The van der Waals surface area contributed by atoms with Gasteiger partial charge in [-0.15, -0.1) is 0 Å². The van der Waals surface area contributed by atoms with Crippen molar-refractivity contribution in [1.29, 1.82) is 0 Å². The highest BCUT2D eigenvalue weighted by molar-refractivity contribution is 5.34. The van der Waals surface area contributed by atoms with Crippen LogP contribution >= 0.6 is 0 Å². The smallest absolute Gasteiger partial charge is 0.152 e. The summed E-state index contributed by atoms with van der Waals surface area (Å²) in [5, 5.41) is 11.3. The quantitative estimate of drug-likeness (QED) is 0.725. The second-order valence-corrected chi connectivity index (χ2v) is 3.23. The summed E-state index contributed by atoms with van der Waals surface area (Å²) in [5.41, 5.74) is 0.978. The molecule has 4 heteroatoms. The fraction of sp³-hybridized carbons (Fsp3) is 0.556. The fourth-order valence-electron chi connectivity index (χ4n) is 1.46. The summed E-state index contributed by atoms with van der Waals surface area (Å²) in [7, 11) is 0. The Bertz CT molecular complexity index is 374. The molecular weight excluding hydrogens is 164 g/mol. The van der Waals surface area contributed by atoms with Gasteiger partial charge in [0.25, 0.3) is 0 Å². The first kappa shape index (κ1) is 8.29. The highest BCUT2D eigenvalue weighted by atomic mass is 15.4. The first-order valence-electron chi connectivity index (χ1n) is 4.79. The lowest BCUT2D eigenvalue weighted by Crippen LogP contribution is -1.95. The van der Waals surface area contributed by atoms with Gasteiger partial charge in [0.2, 0.25) is 0 Å². The van der Waals surface area contributed by atoms with Gasteiger partial charge in [-0.05, 0) is 6.42 Å². The highest BCUT2D eigenvalue weighted by Crippen LogP contribution is 2.05. The number of aromatic nitrogens is 4. The van der Waals surface area contributed by atoms with Gasteiger partial charge < -0.3 is 0 Å². The Morgan fingerprint density at radius 3 is 3.23 bits per heavy atom. The van der Waals surface area contributed by atoms with E-state index < -0.39 is 0 Å². The Morgan fingerprint density at radius 2 is 2.38 bits per heavy atom. The molecule has 0 aliphatic carbocycles. The van der Waals surface area contributed by atoms with E-state index in [-0.39, 0.29) is 0 Å². The van der Waals surface area contributed by atoms with Gasteiger partial charge in [0.15, 0.2) is 11.5 Å². The second-order valence-electron chi connectivity index (χ2n) is 3.23. The third kappa shape index (κ3) is 1.56. The van der Waals surface area contributed by atoms with Crippen LogP contribution in [0.1, 0.15) is 32.0 Å². The number of rotatable bonds is 4. The lowest BCUT2D eigenvalue weighted by Gasteiger charge is -1.94. The SMILES string of the molecule is CCCCCc1n[nH]c2ccnn12. The topological polar surface area (TPSA) is 46.0 Å². The standard InChI is InChI=1S/C9H14N4/c1-2-3-4-5-8-11-12-9-6-7-10-13(8)9/h6-7,12H,2-5H2,1H3. The molecule has 0 aliphatic heterocycles. The van der Waals surface area contributed by atoms with Crippen molar-refractivity contribution in [2.75, 3.05) is 0 Å². The Labute approximate surface area is 77.0 Å². The van der Waals surface area contributed by atoms with Crippen LogP contribution in [0.3, 0.4) is 0 Å².